The van der Waals surface area contributed by atoms with Gasteiger partial charge >= 0.3 is 5.97 Å². The lowest BCUT2D eigenvalue weighted by Gasteiger charge is -2.25. The first kappa shape index (κ1) is 9.90. The van der Waals surface area contributed by atoms with E-state index in [2.05, 4.69) is 0 Å². The molecule has 0 aromatic heterocycles. The number of carbonyl (C=O) groups excluding carboxylic acids is 1. The SMILES string of the molecule is CC(C(=O)O)C(=O)C1(C)C2=CC=C1C=C2. The Balaban J connectivity index is 2.35. The van der Waals surface area contributed by atoms with Crippen LogP contribution in [0.25, 0.3) is 0 Å². The van der Waals surface area contributed by atoms with Crippen LogP contribution in [-0.2, 0) is 9.59 Å². The average molecular weight is 204 g/mol. The molecule has 2 aliphatic carbocycles. The van der Waals surface area contributed by atoms with Crippen LogP contribution in [0.15, 0.2) is 35.5 Å². The molecular weight excluding hydrogens is 192 g/mol. The van der Waals surface area contributed by atoms with Gasteiger partial charge in [-0.1, -0.05) is 24.3 Å². The van der Waals surface area contributed by atoms with Crippen molar-refractivity contribution in [2.75, 3.05) is 0 Å². The molecule has 3 heteroatoms. The highest BCUT2D eigenvalue weighted by Gasteiger charge is 2.47. The summed E-state index contributed by atoms with van der Waals surface area (Å²) in [6.07, 6.45) is 7.51. The largest absolute Gasteiger partial charge is 0.481 e. The summed E-state index contributed by atoms with van der Waals surface area (Å²) in [7, 11) is 0. The number of rotatable bonds is 3. The van der Waals surface area contributed by atoms with Crippen LogP contribution >= 0.6 is 0 Å². The van der Waals surface area contributed by atoms with Crippen molar-refractivity contribution in [3.05, 3.63) is 35.5 Å². The Kier molecular flexibility index (Phi) is 1.93. The molecular formula is C12H12O3. The molecule has 15 heavy (non-hydrogen) atoms. The molecule has 0 saturated carbocycles. The van der Waals surface area contributed by atoms with Crippen molar-refractivity contribution in [3.63, 3.8) is 0 Å². The number of hydrogen-bond acceptors (Lipinski definition) is 2. The Morgan fingerprint density at radius 2 is 1.73 bits per heavy atom. The predicted molar refractivity (Wildman–Crippen MR) is 55.2 cm³/mol. The number of hydrogen-bond donors (Lipinski definition) is 1. The van der Waals surface area contributed by atoms with Gasteiger partial charge in [0.25, 0.3) is 0 Å². The Morgan fingerprint density at radius 3 is 2.07 bits per heavy atom. The Morgan fingerprint density at radius 1 is 1.27 bits per heavy atom. The van der Waals surface area contributed by atoms with Crippen molar-refractivity contribution in [2.24, 2.45) is 11.3 Å². The fourth-order valence-electron chi connectivity index (χ4n) is 2.13. The molecule has 2 aliphatic rings. The van der Waals surface area contributed by atoms with Gasteiger partial charge in [-0.05, 0) is 25.0 Å². The number of Topliss-reactive ketones (excluding diaryl/α,β-unsaturated/α-hetero) is 1. The fraction of sp³-hybridized carbons (Fsp3) is 0.333. The first-order chi connectivity index (χ1) is 6.98. The molecule has 0 aromatic carbocycles. The molecule has 3 nitrogen and oxygen atoms in total. The van der Waals surface area contributed by atoms with E-state index in [1.165, 1.54) is 6.92 Å². The van der Waals surface area contributed by atoms with Crippen molar-refractivity contribution in [1.29, 1.82) is 0 Å². The highest BCUT2D eigenvalue weighted by atomic mass is 16.4. The molecule has 0 fully saturated rings. The number of carboxylic acid groups (broad SMARTS) is 1. The molecule has 78 valence electrons. The molecule has 0 radical (unpaired) electrons. The van der Waals surface area contributed by atoms with E-state index in [0.29, 0.717) is 0 Å². The molecule has 0 aliphatic heterocycles. The second kappa shape index (κ2) is 2.92. The van der Waals surface area contributed by atoms with Crippen molar-refractivity contribution >= 4 is 11.8 Å². The van der Waals surface area contributed by atoms with Crippen LogP contribution in [0.3, 0.4) is 0 Å². The van der Waals surface area contributed by atoms with Crippen LogP contribution in [0.2, 0.25) is 0 Å². The first-order valence-corrected chi connectivity index (χ1v) is 4.86. The number of carbonyl (C=O) groups is 2. The van der Waals surface area contributed by atoms with Crippen LogP contribution < -0.4 is 0 Å². The summed E-state index contributed by atoms with van der Waals surface area (Å²) in [4.78, 5) is 22.9. The van der Waals surface area contributed by atoms with E-state index < -0.39 is 17.3 Å². The fourth-order valence-corrected chi connectivity index (χ4v) is 2.13. The van der Waals surface area contributed by atoms with Crippen molar-refractivity contribution in [2.45, 2.75) is 13.8 Å². The molecule has 1 unspecified atom stereocenters. The second-order valence-electron chi connectivity index (χ2n) is 4.13. The van der Waals surface area contributed by atoms with Gasteiger partial charge < -0.3 is 5.11 Å². The molecule has 2 rings (SSSR count). The van der Waals surface area contributed by atoms with Gasteiger partial charge in [0.15, 0.2) is 5.78 Å². The van der Waals surface area contributed by atoms with Gasteiger partial charge in [-0.2, -0.15) is 0 Å². The van der Waals surface area contributed by atoms with Gasteiger partial charge in [0.2, 0.25) is 0 Å². The van der Waals surface area contributed by atoms with E-state index in [1.54, 1.807) is 6.92 Å². The standard InChI is InChI=1S/C12H12O3/c1-7(11(14)15)10(13)12(2)8-3-4-9(12)6-5-8/h3-7H,1-2H3,(H,14,15). The van der Waals surface area contributed by atoms with Crippen molar-refractivity contribution in [3.8, 4) is 0 Å². The Bertz CT molecular complexity index is 416. The van der Waals surface area contributed by atoms with Crippen LogP contribution in [0, 0.1) is 11.3 Å². The van der Waals surface area contributed by atoms with Gasteiger partial charge in [-0.25, -0.2) is 0 Å². The molecule has 0 amide bonds. The van der Waals surface area contributed by atoms with Crippen LogP contribution in [0.1, 0.15) is 13.8 Å². The van der Waals surface area contributed by atoms with E-state index in [1.807, 2.05) is 24.3 Å². The monoisotopic (exact) mass is 204 g/mol. The van der Waals surface area contributed by atoms with Gasteiger partial charge in [0.05, 0.1) is 5.41 Å². The van der Waals surface area contributed by atoms with Crippen molar-refractivity contribution in [1.82, 2.24) is 0 Å². The number of aliphatic carboxylic acids is 1. The van der Waals surface area contributed by atoms with Crippen LogP contribution in [0.4, 0.5) is 0 Å². The van der Waals surface area contributed by atoms with Gasteiger partial charge in [-0.15, -0.1) is 0 Å². The second-order valence-corrected chi connectivity index (χ2v) is 4.13. The Labute approximate surface area is 87.8 Å². The normalized spacial score (nSPS) is 22.3. The molecule has 2 bridgehead atoms. The number of fused-ring (bicyclic) bond motifs is 2. The summed E-state index contributed by atoms with van der Waals surface area (Å²) in [5.74, 6) is -2.26. The van der Waals surface area contributed by atoms with E-state index in [-0.39, 0.29) is 5.78 Å². The Hall–Kier alpha value is -1.64. The minimum Gasteiger partial charge on any atom is -0.481 e. The molecule has 1 atom stereocenters. The quantitative estimate of drug-likeness (QED) is 0.712. The minimum absolute atomic E-state index is 0.241. The highest BCUT2D eigenvalue weighted by molar-refractivity contribution is 6.06. The smallest absolute Gasteiger partial charge is 0.313 e. The first-order valence-electron chi connectivity index (χ1n) is 4.86. The third kappa shape index (κ3) is 1.12. The van der Waals surface area contributed by atoms with Gasteiger partial charge in [-0.3, -0.25) is 9.59 Å². The molecule has 0 saturated heterocycles. The summed E-state index contributed by atoms with van der Waals surface area (Å²) in [5.41, 5.74) is 1.07. The maximum absolute atomic E-state index is 12.1. The zero-order chi connectivity index (χ0) is 11.2. The van der Waals surface area contributed by atoms with Crippen molar-refractivity contribution < 1.29 is 14.7 Å². The third-order valence-electron chi connectivity index (χ3n) is 3.30. The molecule has 0 spiro atoms. The summed E-state index contributed by atoms with van der Waals surface area (Å²) in [6, 6.07) is 0. The van der Waals surface area contributed by atoms with Crippen LogP contribution in [-0.4, -0.2) is 16.9 Å². The number of ketones is 1. The number of carboxylic acids is 1. The van der Waals surface area contributed by atoms with E-state index in [0.717, 1.165) is 11.1 Å². The summed E-state index contributed by atoms with van der Waals surface area (Å²) >= 11 is 0. The molecule has 0 heterocycles. The lowest BCUT2D eigenvalue weighted by atomic mass is 9.75. The molecule has 1 N–H and O–H groups in total. The average Bonchev–Trinajstić information content (AvgIpc) is 2.71. The predicted octanol–water partition coefficient (Wildman–Crippen LogP) is 1.72. The van der Waals surface area contributed by atoms with E-state index in [9.17, 15) is 9.59 Å². The maximum atomic E-state index is 12.1. The number of allylic oxidation sites excluding steroid dienone is 6. The van der Waals surface area contributed by atoms with E-state index >= 15 is 0 Å². The zero-order valence-corrected chi connectivity index (χ0v) is 8.65. The van der Waals surface area contributed by atoms with Gasteiger partial charge in [0, 0.05) is 0 Å². The summed E-state index contributed by atoms with van der Waals surface area (Å²) in [6.45, 7) is 3.23. The topological polar surface area (TPSA) is 54.4 Å². The lowest BCUT2D eigenvalue weighted by molar-refractivity contribution is -0.147. The van der Waals surface area contributed by atoms with Gasteiger partial charge in [0.1, 0.15) is 5.92 Å². The van der Waals surface area contributed by atoms with E-state index in [4.69, 9.17) is 5.11 Å². The minimum atomic E-state index is -1.06. The lowest BCUT2D eigenvalue weighted by Crippen LogP contribution is -2.35. The third-order valence-corrected chi connectivity index (χ3v) is 3.30. The van der Waals surface area contributed by atoms with Crippen LogP contribution in [0.5, 0.6) is 0 Å². The zero-order valence-electron chi connectivity index (χ0n) is 8.65. The highest BCUT2D eigenvalue weighted by Crippen LogP contribution is 2.48. The summed E-state index contributed by atoms with van der Waals surface area (Å²) in [5, 5.41) is 8.84. The maximum Gasteiger partial charge on any atom is 0.313 e. The molecule has 0 aromatic rings. The summed E-state index contributed by atoms with van der Waals surface area (Å²) < 4.78 is 0.